The van der Waals surface area contributed by atoms with Crippen LogP contribution in [0.25, 0.3) is 55.3 Å². The Morgan fingerprint density at radius 2 is 1.14 bits per heavy atom. The van der Waals surface area contributed by atoms with Crippen molar-refractivity contribution >= 4 is 21.9 Å². The molecule has 4 aromatic carbocycles. The predicted octanol–water partition coefficient (Wildman–Crippen LogP) is 10.0. The number of nitrogens with zero attached hydrogens (tertiary/aromatic N) is 1. The van der Waals surface area contributed by atoms with E-state index in [0.717, 1.165) is 55.7 Å². The number of fused-ring (bicyclic) bond motifs is 3. The van der Waals surface area contributed by atoms with Crippen molar-refractivity contribution in [1.82, 2.24) is 4.98 Å². The SMILES string of the molecule is c1cncc(-c2ccc(-c3cccc4c3oc3c(-c5ccc(C6CCCCC6)cc5)cccc34)cc2)c1. The highest BCUT2D eigenvalue weighted by Crippen LogP contribution is 2.41. The molecule has 0 bridgehead atoms. The molecule has 0 unspecified atom stereocenters. The maximum absolute atomic E-state index is 6.67. The third-order valence-electron chi connectivity index (χ3n) is 8.01. The lowest BCUT2D eigenvalue weighted by Crippen LogP contribution is -2.04. The Morgan fingerprint density at radius 1 is 0.541 bits per heavy atom. The Labute approximate surface area is 217 Å². The van der Waals surface area contributed by atoms with Gasteiger partial charge in [0.15, 0.2) is 0 Å². The van der Waals surface area contributed by atoms with E-state index in [-0.39, 0.29) is 0 Å². The number of rotatable bonds is 4. The van der Waals surface area contributed by atoms with E-state index in [0.29, 0.717) is 0 Å². The summed E-state index contributed by atoms with van der Waals surface area (Å²) >= 11 is 0. The lowest BCUT2D eigenvalue weighted by atomic mass is 9.83. The summed E-state index contributed by atoms with van der Waals surface area (Å²) in [5, 5.41) is 2.32. The topological polar surface area (TPSA) is 26.0 Å². The van der Waals surface area contributed by atoms with E-state index in [4.69, 9.17) is 4.42 Å². The number of aromatic nitrogens is 1. The molecule has 180 valence electrons. The zero-order valence-corrected chi connectivity index (χ0v) is 20.9. The van der Waals surface area contributed by atoms with Gasteiger partial charge < -0.3 is 4.42 Å². The zero-order valence-electron chi connectivity index (χ0n) is 20.9. The highest BCUT2D eigenvalue weighted by molar-refractivity contribution is 6.13. The number of hydrogen-bond donors (Lipinski definition) is 0. The molecule has 1 saturated carbocycles. The minimum atomic E-state index is 0.719. The number of pyridine rings is 1. The van der Waals surface area contributed by atoms with Crippen molar-refractivity contribution in [3.8, 4) is 33.4 Å². The summed E-state index contributed by atoms with van der Waals surface area (Å²) in [6.07, 6.45) is 10.5. The van der Waals surface area contributed by atoms with Gasteiger partial charge in [-0.2, -0.15) is 0 Å². The smallest absolute Gasteiger partial charge is 0.143 e. The van der Waals surface area contributed by atoms with Crippen LogP contribution in [0.2, 0.25) is 0 Å². The molecule has 7 rings (SSSR count). The molecule has 0 amide bonds. The zero-order chi connectivity index (χ0) is 24.6. The molecule has 2 nitrogen and oxygen atoms in total. The summed E-state index contributed by atoms with van der Waals surface area (Å²) in [6, 6.07) is 34.9. The van der Waals surface area contributed by atoms with Crippen molar-refractivity contribution in [1.29, 1.82) is 0 Å². The van der Waals surface area contributed by atoms with Crippen LogP contribution in [0.15, 0.2) is 114 Å². The molecule has 6 aromatic rings. The standard InChI is InChI=1S/C35H29NO/c1-2-7-24(8-3-1)25-14-18-27(19-15-25)30-10-4-12-32-33-13-5-11-31(35(33)37-34(30)32)28-20-16-26(17-21-28)29-9-6-22-36-23-29/h4-6,9-24H,1-3,7-8H2. The highest BCUT2D eigenvalue weighted by Gasteiger charge is 2.18. The van der Waals surface area contributed by atoms with Gasteiger partial charge in [0.2, 0.25) is 0 Å². The van der Waals surface area contributed by atoms with Crippen molar-refractivity contribution in [3.05, 3.63) is 115 Å². The summed E-state index contributed by atoms with van der Waals surface area (Å²) < 4.78 is 6.67. The average molecular weight is 480 g/mol. The molecule has 37 heavy (non-hydrogen) atoms. The minimum absolute atomic E-state index is 0.719. The lowest BCUT2D eigenvalue weighted by molar-refractivity contribution is 0.443. The van der Waals surface area contributed by atoms with E-state index >= 15 is 0 Å². The molecule has 0 aliphatic heterocycles. The molecule has 1 aliphatic rings. The maximum atomic E-state index is 6.67. The number of hydrogen-bond acceptors (Lipinski definition) is 2. The number of furan rings is 1. The van der Waals surface area contributed by atoms with Gasteiger partial charge in [-0.1, -0.05) is 110 Å². The molecule has 0 atom stereocenters. The third-order valence-corrected chi connectivity index (χ3v) is 8.01. The van der Waals surface area contributed by atoms with Crippen LogP contribution in [0.5, 0.6) is 0 Å². The second-order valence-corrected chi connectivity index (χ2v) is 10.2. The minimum Gasteiger partial charge on any atom is -0.455 e. The van der Waals surface area contributed by atoms with Crippen LogP contribution in [0.4, 0.5) is 0 Å². The van der Waals surface area contributed by atoms with Crippen LogP contribution in [-0.2, 0) is 0 Å². The van der Waals surface area contributed by atoms with Crippen LogP contribution in [0.1, 0.15) is 43.6 Å². The second kappa shape index (κ2) is 9.37. The van der Waals surface area contributed by atoms with Gasteiger partial charge in [-0.25, -0.2) is 0 Å². The van der Waals surface area contributed by atoms with Crippen molar-refractivity contribution in [2.45, 2.75) is 38.0 Å². The first-order valence-corrected chi connectivity index (χ1v) is 13.4. The Kier molecular flexibility index (Phi) is 5.59. The van der Waals surface area contributed by atoms with E-state index in [9.17, 15) is 0 Å². The van der Waals surface area contributed by atoms with Crippen LogP contribution >= 0.6 is 0 Å². The summed E-state index contributed by atoms with van der Waals surface area (Å²) in [4.78, 5) is 4.25. The Morgan fingerprint density at radius 3 is 1.73 bits per heavy atom. The summed E-state index contributed by atoms with van der Waals surface area (Å²) in [5.41, 5.74) is 10.3. The van der Waals surface area contributed by atoms with Crippen molar-refractivity contribution in [2.75, 3.05) is 0 Å². The molecule has 2 aromatic heterocycles. The van der Waals surface area contributed by atoms with Gasteiger partial charge in [0.25, 0.3) is 0 Å². The largest absolute Gasteiger partial charge is 0.455 e. The third kappa shape index (κ3) is 4.03. The van der Waals surface area contributed by atoms with E-state index in [1.807, 2.05) is 12.3 Å². The first-order valence-electron chi connectivity index (χ1n) is 13.4. The molecule has 0 spiro atoms. The number of para-hydroxylation sites is 2. The molecule has 1 aliphatic carbocycles. The quantitative estimate of drug-likeness (QED) is 0.251. The maximum Gasteiger partial charge on any atom is 0.143 e. The molecular weight excluding hydrogens is 450 g/mol. The fourth-order valence-corrected chi connectivity index (χ4v) is 6.02. The van der Waals surface area contributed by atoms with Crippen LogP contribution < -0.4 is 0 Å². The van der Waals surface area contributed by atoms with E-state index in [2.05, 4.69) is 96.0 Å². The van der Waals surface area contributed by atoms with E-state index < -0.39 is 0 Å². The van der Waals surface area contributed by atoms with Crippen molar-refractivity contribution in [3.63, 3.8) is 0 Å². The molecule has 0 radical (unpaired) electrons. The van der Waals surface area contributed by atoms with Gasteiger partial charge in [-0.15, -0.1) is 0 Å². The van der Waals surface area contributed by atoms with Gasteiger partial charge >= 0.3 is 0 Å². The summed E-state index contributed by atoms with van der Waals surface area (Å²) in [6.45, 7) is 0. The average Bonchev–Trinajstić information content (AvgIpc) is 3.38. The summed E-state index contributed by atoms with van der Waals surface area (Å²) in [7, 11) is 0. The molecule has 2 heteroatoms. The fraction of sp³-hybridized carbons (Fsp3) is 0.171. The lowest BCUT2D eigenvalue weighted by Gasteiger charge is -2.22. The van der Waals surface area contributed by atoms with Crippen LogP contribution in [0.3, 0.4) is 0 Å². The monoisotopic (exact) mass is 479 g/mol. The second-order valence-electron chi connectivity index (χ2n) is 10.2. The van der Waals surface area contributed by atoms with Gasteiger partial charge in [-0.3, -0.25) is 4.98 Å². The normalized spacial score (nSPS) is 14.4. The predicted molar refractivity (Wildman–Crippen MR) is 154 cm³/mol. The van der Waals surface area contributed by atoms with Gasteiger partial charge in [0, 0.05) is 34.3 Å². The van der Waals surface area contributed by atoms with Gasteiger partial charge in [0.05, 0.1) is 0 Å². The Hall–Kier alpha value is -4.17. The first-order chi connectivity index (χ1) is 18.3. The first kappa shape index (κ1) is 22.1. The van der Waals surface area contributed by atoms with Crippen molar-refractivity contribution in [2.24, 2.45) is 0 Å². The Balaban J connectivity index is 1.29. The fourth-order valence-electron chi connectivity index (χ4n) is 6.02. The molecule has 0 saturated heterocycles. The van der Waals surface area contributed by atoms with Gasteiger partial charge in [-0.05, 0) is 52.6 Å². The van der Waals surface area contributed by atoms with Gasteiger partial charge in [0.1, 0.15) is 11.2 Å². The number of benzene rings is 4. The molecule has 0 N–H and O–H groups in total. The molecule has 2 heterocycles. The van der Waals surface area contributed by atoms with E-state index in [1.165, 1.54) is 43.2 Å². The van der Waals surface area contributed by atoms with Crippen LogP contribution in [-0.4, -0.2) is 4.98 Å². The van der Waals surface area contributed by atoms with Crippen LogP contribution in [0, 0.1) is 0 Å². The molecule has 1 fully saturated rings. The highest BCUT2D eigenvalue weighted by atomic mass is 16.3. The summed E-state index contributed by atoms with van der Waals surface area (Å²) in [5.74, 6) is 0.719. The Bertz CT molecular complexity index is 1670. The van der Waals surface area contributed by atoms with E-state index in [1.54, 1.807) is 6.20 Å². The van der Waals surface area contributed by atoms with Crippen molar-refractivity contribution < 1.29 is 4.42 Å². The molecular formula is C35H29NO.